The number of H-pyrrole nitrogens is 1. The van der Waals surface area contributed by atoms with Crippen molar-refractivity contribution in [1.82, 2.24) is 10.2 Å². The van der Waals surface area contributed by atoms with Gasteiger partial charge in [0.15, 0.2) is 0 Å². The van der Waals surface area contributed by atoms with Crippen LogP contribution in [0.4, 0.5) is 0 Å². The third-order valence-corrected chi connectivity index (χ3v) is 6.49. The summed E-state index contributed by atoms with van der Waals surface area (Å²) in [5.74, 6) is 0.220. The molecule has 5 rings (SSSR count). The number of aromatic amines is 1. The molecule has 1 saturated carbocycles. The van der Waals surface area contributed by atoms with E-state index in [0.29, 0.717) is 12.5 Å². The van der Waals surface area contributed by atoms with Gasteiger partial charge in [-0.2, -0.15) is 5.10 Å². The molecule has 1 aliphatic carbocycles. The van der Waals surface area contributed by atoms with Crippen LogP contribution in [0.2, 0.25) is 0 Å². The molecular formula is C30H28N2O2. The third kappa shape index (κ3) is 4.58. The van der Waals surface area contributed by atoms with Crippen molar-refractivity contribution < 1.29 is 9.53 Å². The number of nitrogens with one attached hydrogen (secondary N) is 1. The van der Waals surface area contributed by atoms with Gasteiger partial charge >= 0.3 is 5.97 Å². The van der Waals surface area contributed by atoms with Crippen LogP contribution in [0.1, 0.15) is 48.4 Å². The summed E-state index contributed by atoms with van der Waals surface area (Å²) in [5, 5.41) is 8.37. The highest BCUT2D eigenvalue weighted by Gasteiger charge is 2.27. The van der Waals surface area contributed by atoms with Crippen LogP contribution in [0, 0.1) is 5.92 Å². The van der Waals surface area contributed by atoms with E-state index in [4.69, 9.17) is 4.74 Å². The summed E-state index contributed by atoms with van der Waals surface area (Å²) in [7, 11) is 0. The number of carbonyl (C=O) groups is 1. The van der Waals surface area contributed by atoms with Crippen LogP contribution >= 0.6 is 0 Å². The smallest absolute Gasteiger partial charge is 0.330 e. The fourth-order valence-corrected chi connectivity index (χ4v) is 4.59. The molecule has 34 heavy (non-hydrogen) atoms. The largest absolute Gasteiger partial charge is 0.463 e. The van der Waals surface area contributed by atoms with Crippen LogP contribution in [-0.2, 0) is 9.53 Å². The molecule has 0 atom stereocenters. The van der Waals surface area contributed by atoms with E-state index in [-0.39, 0.29) is 5.97 Å². The number of allylic oxidation sites excluding steroid dienone is 1. The Morgan fingerprint density at radius 1 is 1.00 bits per heavy atom. The van der Waals surface area contributed by atoms with Gasteiger partial charge in [0, 0.05) is 11.5 Å². The Hall–Kier alpha value is -3.92. The minimum atomic E-state index is -0.322. The monoisotopic (exact) mass is 448 g/mol. The van der Waals surface area contributed by atoms with Gasteiger partial charge in [0.25, 0.3) is 0 Å². The predicted octanol–water partition coefficient (Wildman–Crippen LogP) is 6.90. The average molecular weight is 449 g/mol. The number of hydrogen-bond acceptors (Lipinski definition) is 3. The number of nitrogens with zero attached hydrogens (tertiary/aromatic N) is 1. The molecule has 1 heterocycles. The van der Waals surface area contributed by atoms with Crippen molar-refractivity contribution in [3.8, 4) is 0 Å². The molecule has 4 heteroatoms. The van der Waals surface area contributed by atoms with Crippen molar-refractivity contribution in [3.63, 3.8) is 0 Å². The second-order valence-corrected chi connectivity index (χ2v) is 8.66. The van der Waals surface area contributed by atoms with Crippen molar-refractivity contribution in [3.05, 3.63) is 107 Å². The zero-order chi connectivity index (χ0) is 23.3. The maximum absolute atomic E-state index is 11.7. The van der Waals surface area contributed by atoms with Gasteiger partial charge in [0.1, 0.15) is 0 Å². The molecule has 4 aromatic rings. The van der Waals surface area contributed by atoms with Crippen LogP contribution < -0.4 is 0 Å². The zero-order valence-electron chi connectivity index (χ0n) is 19.3. The van der Waals surface area contributed by atoms with E-state index in [1.165, 1.54) is 53.2 Å². The number of fused-ring (bicyclic) bond motifs is 1. The first-order chi connectivity index (χ1) is 16.7. The highest BCUT2D eigenvalue weighted by molar-refractivity contribution is 6.01. The minimum absolute atomic E-state index is 0.322. The van der Waals surface area contributed by atoms with Crippen molar-refractivity contribution in [2.75, 3.05) is 6.61 Å². The van der Waals surface area contributed by atoms with Gasteiger partial charge in [-0.25, -0.2) is 4.79 Å². The average Bonchev–Trinajstić information content (AvgIpc) is 3.31. The number of benzene rings is 3. The Morgan fingerprint density at radius 3 is 2.47 bits per heavy atom. The first kappa shape index (κ1) is 21.9. The van der Waals surface area contributed by atoms with Gasteiger partial charge in [-0.05, 0) is 77.3 Å². The number of esters is 1. The van der Waals surface area contributed by atoms with Gasteiger partial charge in [-0.1, -0.05) is 67.1 Å². The van der Waals surface area contributed by atoms with Gasteiger partial charge in [-0.15, -0.1) is 0 Å². The summed E-state index contributed by atoms with van der Waals surface area (Å²) < 4.78 is 5.00. The normalized spacial score (nSPS) is 14.7. The Balaban J connectivity index is 1.64. The number of ether oxygens (including phenoxy) is 1. The predicted molar refractivity (Wildman–Crippen MR) is 138 cm³/mol. The number of carbonyl (C=O) groups excluding carboxylic acids is 1. The van der Waals surface area contributed by atoms with Crippen molar-refractivity contribution in [1.29, 1.82) is 0 Å². The molecule has 0 radical (unpaired) electrons. The van der Waals surface area contributed by atoms with Crippen molar-refractivity contribution >= 4 is 34.1 Å². The third-order valence-electron chi connectivity index (χ3n) is 6.49. The summed E-state index contributed by atoms with van der Waals surface area (Å²) in [4.78, 5) is 11.7. The second-order valence-electron chi connectivity index (χ2n) is 8.66. The summed E-state index contributed by atoms with van der Waals surface area (Å²) >= 11 is 0. The SMILES string of the molecule is CCOC(=O)C=Cc1ccc(C(=C(c2ccccc2)C2CCC2)c2ccc3[nH]ncc3c2)cc1. The fraction of sp³-hybridized carbons (Fsp3) is 0.200. The number of rotatable bonds is 7. The van der Waals surface area contributed by atoms with E-state index in [2.05, 4.69) is 83.0 Å². The standard InChI is InChI=1S/C30H28N2O2/c1-2-34-28(33)18-13-21-11-14-24(15-12-21)30(25-16-17-27-26(19-25)20-31-32-27)29(23-9-6-10-23)22-7-4-3-5-8-22/h3-5,7-8,11-20,23H,2,6,9-10H2,1H3,(H,31,32). The van der Waals surface area contributed by atoms with Gasteiger partial charge in [0.2, 0.25) is 0 Å². The summed E-state index contributed by atoms with van der Waals surface area (Å²) in [5.41, 5.74) is 8.31. The van der Waals surface area contributed by atoms with Crippen LogP contribution in [0.15, 0.2) is 85.1 Å². The topological polar surface area (TPSA) is 55.0 Å². The van der Waals surface area contributed by atoms with E-state index in [0.717, 1.165) is 16.5 Å². The highest BCUT2D eigenvalue weighted by atomic mass is 16.5. The molecule has 0 amide bonds. The lowest BCUT2D eigenvalue weighted by Gasteiger charge is -2.31. The summed E-state index contributed by atoms with van der Waals surface area (Å²) in [6.45, 7) is 2.18. The molecule has 170 valence electrons. The molecule has 1 aliphatic rings. The van der Waals surface area contributed by atoms with E-state index in [1.54, 1.807) is 6.08 Å². The van der Waals surface area contributed by atoms with Gasteiger partial charge in [-0.3, -0.25) is 5.10 Å². The minimum Gasteiger partial charge on any atom is -0.463 e. The molecule has 3 aromatic carbocycles. The maximum atomic E-state index is 11.7. The molecule has 0 spiro atoms. The number of hydrogen-bond donors (Lipinski definition) is 1. The van der Waals surface area contributed by atoms with Crippen LogP contribution in [-0.4, -0.2) is 22.8 Å². The quantitative estimate of drug-likeness (QED) is 0.190. The Labute approximate surface area is 200 Å². The molecule has 4 nitrogen and oxygen atoms in total. The van der Waals surface area contributed by atoms with Crippen LogP contribution in [0.5, 0.6) is 0 Å². The van der Waals surface area contributed by atoms with E-state index < -0.39 is 0 Å². The first-order valence-electron chi connectivity index (χ1n) is 11.9. The molecule has 0 aliphatic heterocycles. The summed E-state index contributed by atoms with van der Waals surface area (Å²) in [6, 6.07) is 25.7. The lowest BCUT2D eigenvalue weighted by atomic mass is 9.73. The lowest BCUT2D eigenvalue weighted by molar-refractivity contribution is -0.137. The molecule has 0 bridgehead atoms. The number of aromatic nitrogens is 2. The Kier molecular flexibility index (Phi) is 6.39. The second kappa shape index (κ2) is 9.92. The molecule has 0 saturated heterocycles. The van der Waals surface area contributed by atoms with Gasteiger partial charge in [0.05, 0.1) is 18.3 Å². The molecular weight excluding hydrogens is 420 g/mol. The molecule has 1 N–H and O–H groups in total. The highest BCUT2D eigenvalue weighted by Crippen LogP contribution is 2.45. The lowest BCUT2D eigenvalue weighted by Crippen LogP contribution is -2.15. The van der Waals surface area contributed by atoms with Crippen molar-refractivity contribution in [2.24, 2.45) is 5.92 Å². The molecule has 1 aromatic heterocycles. The summed E-state index contributed by atoms with van der Waals surface area (Å²) in [6.07, 6.45) is 8.85. The zero-order valence-corrected chi connectivity index (χ0v) is 19.3. The van der Waals surface area contributed by atoms with E-state index in [9.17, 15) is 4.79 Å². The van der Waals surface area contributed by atoms with Crippen molar-refractivity contribution in [2.45, 2.75) is 26.2 Å². The maximum Gasteiger partial charge on any atom is 0.330 e. The Bertz CT molecular complexity index is 1340. The molecule has 1 fully saturated rings. The molecule has 0 unspecified atom stereocenters. The first-order valence-corrected chi connectivity index (χ1v) is 11.9. The van der Waals surface area contributed by atoms with E-state index >= 15 is 0 Å². The van der Waals surface area contributed by atoms with Gasteiger partial charge < -0.3 is 4.74 Å². The van der Waals surface area contributed by atoms with Crippen LogP contribution in [0.3, 0.4) is 0 Å². The van der Waals surface area contributed by atoms with E-state index in [1.807, 2.05) is 13.1 Å². The Morgan fingerprint density at radius 2 is 1.76 bits per heavy atom. The van der Waals surface area contributed by atoms with Crippen LogP contribution in [0.25, 0.3) is 28.1 Å². The fourth-order valence-electron chi connectivity index (χ4n) is 4.59.